The predicted octanol–water partition coefficient (Wildman–Crippen LogP) is 2.70. The normalized spacial score (nSPS) is 18.4. The topological polar surface area (TPSA) is 57.9 Å². The second kappa shape index (κ2) is 5.25. The Morgan fingerprint density at radius 2 is 2.32 bits per heavy atom. The molecule has 96 valence electrons. The van der Waals surface area contributed by atoms with Crippen molar-refractivity contribution >= 4 is 16.7 Å². The SMILES string of the molecule is N#Cc1cc(NCC2CCCO2)nc2ccccc12. The zero-order chi connectivity index (χ0) is 13.1. The van der Waals surface area contributed by atoms with E-state index in [9.17, 15) is 5.26 Å². The van der Waals surface area contributed by atoms with Crippen LogP contribution in [0.3, 0.4) is 0 Å². The molecule has 0 radical (unpaired) electrons. The van der Waals surface area contributed by atoms with Crippen molar-refractivity contribution in [3.05, 3.63) is 35.9 Å². The lowest BCUT2D eigenvalue weighted by Crippen LogP contribution is -2.19. The van der Waals surface area contributed by atoms with Gasteiger partial charge in [0.25, 0.3) is 0 Å². The summed E-state index contributed by atoms with van der Waals surface area (Å²) in [6.45, 7) is 1.59. The number of aromatic nitrogens is 1. The smallest absolute Gasteiger partial charge is 0.128 e. The van der Waals surface area contributed by atoms with Crippen LogP contribution in [0.5, 0.6) is 0 Å². The standard InChI is InChI=1S/C15H15N3O/c16-9-11-8-15(17-10-12-4-3-7-19-12)18-14-6-2-1-5-13(11)14/h1-2,5-6,8,12H,3-4,7,10H2,(H,17,18). The van der Waals surface area contributed by atoms with Crippen molar-refractivity contribution in [1.82, 2.24) is 4.98 Å². The highest BCUT2D eigenvalue weighted by atomic mass is 16.5. The van der Waals surface area contributed by atoms with Gasteiger partial charge in [0.2, 0.25) is 0 Å². The molecule has 0 bridgehead atoms. The summed E-state index contributed by atoms with van der Waals surface area (Å²) in [4.78, 5) is 4.53. The number of hydrogen-bond donors (Lipinski definition) is 1. The van der Waals surface area contributed by atoms with Crippen LogP contribution in [0.2, 0.25) is 0 Å². The fourth-order valence-corrected chi connectivity index (χ4v) is 2.38. The van der Waals surface area contributed by atoms with Gasteiger partial charge in [-0.25, -0.2) is 4.98 Å². The lowest BCUT2D eigenvalue weighted by Gasteiger charge is -2.12. The second-order valence-corrected chi connectivity index (χ2v) is 4.70. The van der Waals surface area contributed by atoms with Crippen LogP contribution in [0.1, 0.15) is 18.4 Å². The molecule has 1 N–H and O–H groups in total. The molecule has 1 aliphatic heterocycles. The molecular weight excluding hydrogens is 238 g/mol. The summed E-state index contributed by atoms with van der Waals surface area (Å²) in [6, 6.07) is 11.7. The molecule has 4 heteroatoms. The molecule has 1 aliphatic rings. The first-order chi connectivity index (χ1) is 9.36. The van der Waals surface area contributed by atoms with Crippen LogP contribution in [0.4, 0.5) is 5.82 Å². The molecule has 4 nitrogen and oxygen atoms in total. The Bertz CT molecular complexity index is 627. The third-order valence-electron chi connectivity index (χ3n) is 3.37. The van der Waals surface area contributed by atoms with Crippen molar-refractivity contribution in [2.75, 3.05) is 18.5 Å². The van der Waals surface area contributed by atoms with E-state index in [1.165, 1.54) is 0 Å². The first-order valence-electron chi connectivity index (χ1n) is 6.52. The number of fused-ring (bicyclic) bond motifs is 1. The average Bonchev–Trinajstić information content (AvgIpc) is 2.97. The molecule has 2 heterocycles. The first-order valence-corrected chi connectivity index (χ1v) is 6.52. The highest BCUT2D eigenvalue weighted by Gasteiger charge is 2.15. The van der Waals surface area contributed by atoms with Crippen molar-refractivity contribution in [3.63, 3.8) is 0 Å². The number of pyridine rings is 1. The summed E-state index contributed by atoms with van der Waals surface area (Å²) >= 11 is 0. The van der Waals surface area contributed by atoms with Crippen molar-refractivity contribution in [2.24, 2.45) is 0 Å². The highest BCUT2D eigenvalue weighted by molar-refractivity contribution is 5.86. The number of ether oxygens (including phenoxy) is 1. The van der Waals surface area contributed by atoms with Gasteiger partial charge in [-0.2, -0.15) is 5.26 Å². The van der Waals surface area contributed by atoms with Crippen molar-refractivity contribution < 1.29 is 4.74 Å². The molecule has 1 unspecified atom stereocenters. The maximum Gasteiger partial charge on any atom is 0.128 e. The number of nitrogens with zero attached hydrogens (tertiary/aromatic N) is 2. The molecule has 19 heavy (non-hydrogen) atoms. The van der Waals surface area contributed by atoms with Crippen LogP contribution in [0.25, 0.3) is 10.9 Å². The number of para-hydroxylation sites is 1. The zero-order valence-corrected chi connectivity index (χ0v) is 10.6. The van der Waals surface area contributed by atoms with E-state index in [1.54, 1.807) is 6.07 Å². The Morgan fingerprint density at radius 1 is 1.42 bits per heavy atom. The van der Waals surface area contributed by atoms with E-state index in [-0.39, 0.29) is 6.10 Å². The summed E-state index contributed by atoms with van der Waals surface area (Å²) in [6.07, 6.45) is 2.48. The zero-order valence-electron chi connectivity index (χ0n) is 10.6. The van der Waals surface area contributed by atoms with E-state index in [0.717, 1.165) is 42.7 Å². The van der Waals surface area contributed by atoms with Crippen LogP contribution < -0.4 is 5.32 Å². The van der Waals surface area contributed by atoms with Gasteiger partial charge in [-0.3, -0.25) is 0 Å². The minimum Gasteiger partial charge on any atom is -0.376 e. The third-order valence-corrected chi connectivity index (χ3v) is 3.37. The maximum absolute atomic E-state index is 9.21. The van der Waals surface area contributed by atoms with Gasteiger partial charge in [0.15, 0.2) is 0 Å². The summed E-state index contributed by atoms with van der Waals surface area (Å²) in [5.74, 6) is 0.741. The van der Waals surface area contributed by atoms with Crippen molar-refractivity contribution in [2.45, 2.75) is 18.9 Å². The van der Waals surface area contributed by atoms with Crippen LogP contribution >= 0.6 is 0 Å². The Morgan fingerprint density at radius 3 is 3.11 bits per heavy atom. The maximum atomic E-state index is 9.21. The number of nitriles is 1. The van der Waals surface area contributed by atoms with E-state index >= 15 is 0 Å². The van der Waals surface area contributed by atoms with Crippen LogP contribution in [-0.2, 0) is 4.74 Å². The Labute approximate surface area is 112 Å². The van der Waals surface area contributed by atoms with Crippen molar-refractivity contribution in [3.8, 4) is 6.07 Å². The number of anilines is 1. The molecule has 0 spiro atoms. The monoisotopic (exact) mass is 253 g/mol. The number of benzene rings is 1. The molecule has 0 saturated carbocycles. The Hall–Kier alpha value is -2.12. The number of rotatable bonds is 3. The van der Waals surface area contributed by atoms with E-state index in [0.29, 0.717) is 5.56 Å². The second-order valence-electron chi connectivity index (χ2n) is 4.70. The van der Waals surface area contributed by atoms with Gasteiger partial charge in [0.1, 0.15) is 5.82 Å². The lowest BCUT2D eigenvalue weighted by molar-refractivity contribution is 0.120. The van der Waals surface area contributed by atoms with E-state index in [4.69, 9.17) is 4.74 Å². The van der Waals surface area contributed by atoms with Crippen LogP contribution in [0, 0.1) is 11.3 Å². The fourth-order valence-electron chi connectivity index (χ4n) is 2.38. The molecule has 0 aliphatic carbocycles. The van der Waals surface area contributed by atoms with Crippen LogP contribution in [-0.4, -0.2) is 24.2 Å². The minimum atomic E-state index is 0.263. The Balaban J connectivity index is 1.85. The lowest BCUT2D eigenvalue weighted by atomic mass is 10.1. The molecule has 1 aromatic carbocycles. The quantitative estimate of drug-likeness (QED) is 0.913. The summed E-state index contributed by atoms with van der Waals surface area (Å²) in [5, 5.41) is 13.4. The van der Waals surface area contributed by atoms with E-state index < -0.39 is 0 Å². The molecule has 3 rings (SSSR count). The minimum absolute atomic E-state index is 0.263. The summed E-state index contributed by atoms with van der Waals surface area (Å²) < 4.78 is 5.56. The van der Waals surface area contributed by atoms with Gasteiger partial charge in [-0.15, -0.1) is 0 Å². The molecule has 0 amide bonds. The number of hydrogen-bond acceptors (Lipinski definition) is 4. The average molecular weight is 253 g/mol. The molecular formula is C15H15N3O. The van der Waals surface area contributed by atoms with E-state index in [2.05, 4.69) is 16.4 Å². The van der Waals surface area contributed by atoms with Gasteiger partial charge >= 0.3 is 0 Å². The molecule has 1 aromatic heterocycles. The van der Waals surface area contributed by atoms with Crippen molar-refractivity contribution in [1.29, 1.82) is 5.26 Å². The summed E-state index contributed by atoms with van der Waals surface area (Å²) in [7, 11) is 0. The van der Waals surface area contributed by atoms with E-state index in [1.807, 2.05) is 24.3 Å². The predicted molar refractivity (Wildman–Crippen MR) is 73.9 cm³/mol. The molecule has 1 saturated heterocycles. The summed E-state index contributed by atoms with van der Waals surface area (Å²) in [5.41, 5.74) is 1.50. The first kappa shape index (κ1) is 11.9. The fraction of sp³-hybridized carbons (Fsp3) is 0.333. The highest BCUT2D eigenvalue weighted by Crippen LogP contribution is 2.20. The Kier molecular flexibility index (Phi) is 3.30. The van der Waals surface area contributed by atoms with Gasteiger partial charge in [0, 0.05) is 18.5 Å². The largest absolute Gasteiger partial charge is 0.376 e. The molecule has 2 aromatic rings. The third kappa shape index (κ3) is 2.51. The van der Waals surface area contributed by atoms with Gasteiger partial charge in [-0.1, -0.05) is 18.2 Å². The van der Waals surface area contributed by atoms with Gasteiger partial charge in [-0.05, 0) is 25.0 Å². The number of nitrogens with one attached hydrogen (secondary N) is 1. The van der Waals surface area contributed by atoms with Crippen LogP contribution in [0.15, 0.2) is 30.3 Å². The molecule has 1 atom stereocenters. The molecule has 1 fully saturated rings. The van der Waals surface area contributed by atoms with Gasteiger partial charge in [0.05, 0.1) is 23.3 Å². The van der Waals surface area contributed by atoms with Gasteiger partial charge < -0.3 is 10.1 Å².